The van der Waals surface area contributed by atoms with Crippen LogP contribution < -0.4 is 0 Å². The smallest absolute Gasteiger partial charge is 0.186 e. The Bertz CT molecular complexity index is 1170. The summed E-state index contributed by atoms with van der Waals surface area (Å²) in [6.07, 6.45) is 10.5. The number of ether oxygens (including phenoxy) is 4. The summed E-state index contributed by atoms with van der Waals surface area (Å²) in [4.78, 5) is 0. The third kappa shape index (κ3) is 4.74. The van der Waals surface area contributed by atoms with Gasteiger partial charge in [-0.1, -0.05) is 58.9 Å². The monoisotopic (exact) mass is 632 g/mol. The lowest BCUT2D eigenvalue weighted by Crippen LogP contribution is -2.66. The topological polar surface area (TPSA) is 118 Å². The first-order chi connectivity index (χ1) is 21.0. The van der Waals surface area contributed by atoms with E-state index in [0.29, 0.717) is 23.7 Å². The van der Waals surface area contributed by atoms with Crippen LogP contribution >= 0.6 is 0 Å². The van der Waals surface area contributed by atoms with Gasteiger partial charge < -0.3 is 39.4 Å². The van der Waals surface area contributed by atoms with Crippen molar-refractivity contribution >= 4 is 0 Å². The van der Waals surface area contributed by atoms with Crippen LogP contribution in [0.5, 0.6) is 0 Å². The van der Waals surface area contributed by atoms with Crippen molar-refractivity contribution in [2.75, 3.05) is 20.3 Å². The predicted octanol–water partition coefficient (Wildman–Crippen LogP) is 4.77. The van der Waals surface area contributed by atoms with Gasteiger partial charge in [-0.3, -0.25) is 0 Å². The highest BCUT2D eigenvalue weighted by atomic mass is 16.7. The molecule has 6 rings (SSSR count). The van der Waals surface area contributed by atoms with Gasteiger partial charge in [0.1, 0.15) is 24.4 Å². The molecule has 2 saturated heterocycles. The van der Waals surface area contributed by atoms with Crippen molar-refractivity contribution in [1.29, 1.82) is 0 Å². The maximum atomic E-state index is 10.7. The second-order valence-corrected chi connectivity index (χ2v) is 17.2. The highest BCUT2D eigenvalue weighted by molar-refractivity contribution is 5.33. The van der Waals surface area contributed by atoms with E-state index in [-0.39, 0.29) is 27.9 Å². The number of aliphatic hydroxyl groups is 4. The van der Waals surface area contributed by atoms with Crippen LogP contribution in [-0.2, 0) is 18.9 Å². The quantitative estimate of drug-likeness (QED) is 0.283. The van der Waals surface area contributed by atoms with Gasteiger partial charge in [0.25, 0.3) is 0 Å². The van der Waals surface area contributed by atoms with Crippen molar-refractivity contribution in [3.63, 3.8) is 0 Å². The number of hydrogen-bond donors (Lipinski definition) is 4. The number of rotatable bonds is 8. The molecule has 0 aromatic rings. The minimum atomic E-state index is -1.46. The molecule has 5 fully saturated rings. The summed E-state index contributed by atoms with van der Waals surface area (Å²) < 4.78 is 24.9. The molecule has 0 unspecified atom stereocenters. The number of methoxy groups -OCH3 is 1. The summed E-state index contributed by atoms with van der Waals surface area (Å²) in [5.74, 6) is 2.12. The third-order valence-electron chi connectivity index (χ3n) is 14.8. The molecule has 0 radical (unpaired) electrons. The lowest BCUT2D eigenvalue weighted by molar-refractivity contribution is -0.329. The number of fused-ring (bicyclic) bond motifs is 2. The van der Waals surface area contributed by atoms with Crippen LogP contribution in [0, 0.1) is 45.3 Å². The molecular formula is C37H60O8. The lowest BCUT2D eigenvalue weighted by atomic mass is 9.38. The van der Waals surface area contributed by atoms with E-state index in [1.807, 2.05) is 0 Å². The Balaban J connectivity index is 1.24. The summed E-state index contributed by atoms with van der Waals surface area (Å²) in [6, 6.07) is 0. The van der Waals surface area contributed by atoms with Gasteiger partial charge in [-0.2, -0.15) is 0 Å². The number of allylic oxidation sites excluding steroid dienone is 2. The van der Waals surface area contributed by atoms with E-state index in [1.165, 1.54) is 25.7 Å². The van der Waals surface area contributed by atoms with E-state index in [0.717, 1.165) is 25.9 Å². The molecule has 256 valence electrons. The van der Waals surface area contributed by atoms with Crippen LogP contribution in [0.3, 0.4) is 0 Å². The van der Waals surface area contributed by atoms with Crippen molar-refractivity contribution in [2.45, 2.75) is 141 Å². The summed E-state index contributed by atoms with van der Waals surface area (Å²) >= 11 is 0. The highest BCUT2D eigenvalue weighted by Crippen LogP contribution is 2.77. The predicted molar refractivity (Wildman–Crippen MR) is 171 cm³/mol. The first-order valence-corrected chi connectivity index (χ1v) is 17.6. The van der Waals surface area contributed by atoms with Gasteiger partial charge in [0.05, 0.1) is 30.5 Å². The molecule has 4 aliphatic carbocycles. The van der Waals surface area contributed by atoms with Crippen LogP contribution in [0.15, 0.2) is 24.3 Å². The van der Waals surface area contributed by atoms with E-state index in [9.17, 15) is 20.4 Å². The first-order valence-electron chi connectivity index (χ1n) is 17.6. The van der Waals surface area contributed by atoms with E-state index in [2.05, 4.69) is 72.8 Å². The summed E-state index contributed by atoms with van der Waals surface area (Å²) in [5, 5.41) is 41.1. The van der Waals surface area contributed by atoms with Crippen LogP contribution in [0.1, 0.15) is 93.4 Å². The van der Waals surface area contributed by atoms with Crippen LogP contribution in [0.25, 0.3) is 0 Å². The minimum absolute atomic E-state index is 0.0922. The Morgan fingerprint density at radius 1 is 0.978 bits per heavy atom. The summed E-state index contributed by atoms with van der Waals surface area (Å²) in [6.45, 7) is 16.6. The normalized spacial score (nSPS) is 51.2. The second kappa shape index (κ2) is 11.4. The van der Waals surface area contributed by atoms with E-state index >= 15 is 0 Å². The summed E-state index contributed by atoms with van der Waals surface area (Å²) in [7, 11) is 1.77. The average molecular weight is 633 g/mol. The number of hydrogen-bond acceptors (Lipinski definition) is 8. The molecule has 45 heavy (non-hydrogen) atoms. The Kier molecular flexibility index (Phi) is 8.60. The Morgan fingerprint density at radius 2 is 1.71 bits per heavy atom. The molecule has 4 N–H and O–H groups in total. The zero-order valence-corrected chi connectivity index (χ0v) is 28.9. The van der Waals surface area contributed by atoms with Crippen molar-refractivity contribution in [3.8, 4) is 0 Å². The molecule has 8 heteroatoms. The molecule has 0 amide bonds. The molecule has 0 aromatic carbocycles. The van der Waals surface area contributed by atoms with Crippen LogP contribution in [0.2, 0.25) is 0 Å². The van der Waals surface area contributed by atoms with Gasteiger partial charge in [0, 0.05) is 23.9 Å². The van der Waals surface area contributed by atoms with Gasteiger partial charge in [-0.05, 0) is 87.4 Å². The van der Waals surface area contributed by atoms with Crippen molar-refractivity contribution < 1.29 is 39.4 Å². The SMILES string of the molecule is COC(C)(C)/C=C/C[C@@H](C)[C@H]1CC[C@@]2(C)[C@@H]3C=C[C@@]45OC[C@]3(CC[C@]12C)[C@H]4CC[C@H](O[C@@H]1O[C@H](CO)[C@@H](O)[C@H](O)[C@H]1O)C5(C)C. The van der Waals surface area contributed by atoms with Gasteiger partial charge in [-0.25, -0.2) is 0 Å². The minimum Gasteiger partial charge on any atom is -0.394 e. The highest BCUT2D eigenvalue weighted by Gasteiger charge is 2.75. The summed E-state index contributed by atoms with van der Waals surface area (Å²) in [5.41, 5.74) is -0.609. The van der Waals surface area contributed by atoms with Crippen molar-refractivity contribution in [1.82, 2.24) is 0 Å². The number of aliphatic hydroxyl groups excluding tert-OH is 4. The Labute approximate surface area is 270 Å². The van der Waals surface area contributed by atoms with E-state index in [4.69, 9.17) is 18.9 Å². The standard InChI is InChI=1S/C37H60O8/c1-22(10-9-15-32(2,3)42-8)23-13-16-35(7)25-14-17-37-26(36(25,21-43-37)19-18-34(23,35)6)11-12-27(33(37,4)5)45-31-30(41)29(40)28(39)24(20-38)44-31/h9,14-15,17,22-31,38-41H,10-13,16,18-21H2,1-8H3/b15-9+/t22-,23-,24-,25+,26-,27+,28-,29+,30-,31+,34-,35+,36+,37-/m1/s1. The third-order valence-corrected chi connectivity index (χ3v) is 14.8. The molecule has 0 aromatic heterocycles. The van der Waals surface area contributed by atoms with Crippen molar-refractivity contribution in [2.24, 2.45) is 45.3 Å². The Hall–Kier alpha value is -0.840. The van der Waals surface area contributed by atoms with E-state index < -0.39 is 48.3 Å². The molecule has 2 heterocycles. The maximum absolute atomic E-state index is 10.7. The molecular weight excluding hydrogens is 572 g/mol. The first kappa shape index (κ1) is 34.0. The molecule has 2 bridgehead atoms. The molecule has 2 aliphatic heterocycles. The molecule has 6 aliphatic rings. The molecule has 1 spiro atoms. The van der Waals surface area contributed by atoms with Gasteiger partial charge in [0.15, 0.2) is 6.29 Å². The van der Waals surface area contributed by atoms with E-state index in [1.54, 1.807) is 7.11 Å². The van der Waals surface area contributed by atoms with Crippen LogP contribution in [-0.4, -0.2) is 88.8 Å². The van der Waals surface area contributed by atoms with Gasteiger partial charge in [-0.15, -0.1) is 0 Å². The average Bonchev–Trinajstić information content (AvgIpc) is 3.39. The fraction of sp³-hybridized carbons (Fsp3) is 0.892. The molecule has 14 atom stereocenters. The van der Waals surface area contributed by atoms with Crippen LogP contribution in [0.4, 0.5) is 0 Å². The zero-order chi connectivity index (χ0) is 32.8. The molecule has 8 nitrogen and oxygen atoms in total. The van der Waals surface area contributed by atoms with Gasteiger partial charge in [0.2, 0.25) is 0 Å². The largest absolute Gasteiger partial charge is 0.394 e. The maximum Gasteiger partial charge on any atom is 0.186 e. The fourth-order valence-electron chi connectivity index (χ4n) is 11.6. The molecule has 3 saturated carbocycles. The fourth-order valence-corrected chi connectivity index (χ4v) is 11.6. The Morgan fingerprint density at radius 3 is 2.40 bits per heavy atom. The zero-order valence-electron chi connectivity index (χ0n) is 28.9. The van der Waals surface area contributed by atoms with Crippen molar-refractivity contribution in [3.05, 3.63) is 24.3 Å². The second-order valence-electron chi connectivity index (χ2n) is 17.2. The lowest BCUT2D eigenvalue weighted by Gasteiger charge is -2.65. The van der Waals surface area contributed by atoms with Gasteiger partial charge >= 0.3 is 0 Å².